The Labute approximate surface area is 144 Å². The van der Waals surface area contributed by atoms with E-state index in [2.05, 4.69) is 21.4 Å². The Morgan fingerprint density at radius 3 is 2.88 bits per heavy atom. The van der Waals surface area contributed by atoms with Gasteiger partial charge in [-0.05, 0) is 36.6 Å². The topological polar surface area (TPSA) is 78.1 Å². The molecule has 2 heterocycles. The first-order valence-corrected chi connectivity index (χ1v) is 8.33. The molecule has 0 atom stereocenters. The Balaban J connectivity index is 1.52. The van der Waals surface area contributed by atoms with Crippen molar-refractivity contribution in [3.05, 3.63) is 64.4 Å². The molecule has 0 saturated heterocycles. The van der Waals surface area contributed by atoms with Crippen LogP contribution >= 0.6 is 0 Å². The first-order chi connectivity index (χ1) is 12.2. The SMILES string of the molecule is O=C(CNc1nc2ccccc2c(=O)[nH]1)N1CCCc2ccccc21. The van der Waals surface area contributed by atoms with Gasteiger partial charge < -0.3 is 10.2 Å². The molecule has 1 amide bonds. The first kappa shape index (κ1) is 15.4. The van der Waals surface area contributed by atoms with Gasteiger partial charge in [-0.15, -0.1) is 0 Å². The normalized spacial score (nSPS) is 13.5. The van der Waals surface area contributed by atoms with Gasteiger partial charge in [0.1, 0.15) is 0 Å². The Morgan fingerprint density at radius 2 is 1.96 bits per heavy atom. The predicted molar refractivity (Wildman–Crippen MR) is 98.0 cm³/mol. The summed E-state index contributed by atoms with van der Waals surface area (Å²) in [6.45, 7) is 0.787. The van der Waals surface area contributed by atoms with Gasteiger partial charge in [-0.1, -0.05) is 30.3 Å². The van der Waals surface area contributed by atoms with Gasteiger partial charge >= 0.3 is 0 Å². The average molecular weight is 334 g/mol. The number of H-pyrrole nitrogens is 1. The molecule has 0 unspecified atom stereocenters. The number of rotatable bonds is 3. The fourth-order valence-electron chi connectivity index (χ4n) is 3.22. The lowest BCUT2D eigenvalue weighted by atomic mass is 10.0. The van der Waals surface area contributed by atoms with Gasteiger partial charge in [0.05, 0.1) is 17.4 Å². The smallest absolute Gasteiger partial charge is 0.260 e. The van der Waals surface area contributed by atoms with E-state index < -0.39 is 0 Å². The second-order valence-electron chi connectivity index (χ2n) is 6.06. The molecule has 25 heavy (non-hydrogen) atoms. The molecule has 0 bridgehead atoms. The van der Waals surface area contributed by atoms with Crippen molar-refractivity contribution in [3.63, 3.8) is 0 Å². The number of nitrogens with zero attached hydrogens (tertiary/aromatic N) is 2. The van der Waals surface area contributed by atoms with E-state index in [1.165, 1.54) is 5.56 Å². The number of benzene rings is 2. The van der Waals surface area contributed by atoms with Gasteiger partial charge in [-0.2, -0.15) is 0 Å². The predicted octanol–water partition coefficient (Wildman–Crippen LogP) is 2.31. The van der Waals surface area contributed by atoms with Gasteiger partial charge in [0, 0.05) is 12.2 Å². The fraction of sp³-hybridized carbons (Fsp3) is 0.211. The number of carbonyl (C=O) groups excluding carboxylic acids is 1. The number of anilines is 2. The van der Waals surface area contributed by atoms with E-state index >= 15 is 0 Å². The monoisotopic (exact) mass is 334 g/mol. The van der Waals surface area contributed by atoms with E-state index in [1.807, 2.05) is 24.3 Å². The number of hydrogen-bond acceptors (Lipinski definition) is 4. The van der Waals surface area contributed by atoms with Crippen molar-refractivity contribution in [2.75, 3.05) is 23.3 Å². The molecule has 6 nitrogen and oxygen atoms in total. The van der Waals surface area contributed by atoms with Crippen LogP contribution in [0.3, 0.4) is 0 Å². The standard InChI is InChI=1S/C19H18N4O2/c24-17(23-11-5-7-13-6-1-4-10-16(13)23)12-20-19-21-15-9-3-2-8-14(15)18(25)22-19/h1-4,6,8-10H,5,7,11-12H2,(H2,20,21,22,25). The molecule has 1 aliphatic heterocycles. The molecule has 0 saturated carbocycles. The molecule has 2 aromatic carbocycles. The third-order valence-electron chi connectivity index (χ3n) is 4.43. The van der Waals surface area contributed by atoms with Crippen LogP contribution in [-0.4, -0.2) is 29.0 Å². The highest BCUT2D eigenvalue weighted by molar-refractivity contribution is 5.97. The molecule has 0 spiro atoms. The number of nitrogens with one attached hydrogen (secondary N) is 2. The minimum absolute atomic E-state index is 0.0389. The minimum Gasteiger partial charge on any atom is -0.347 e. The lowest BCUT2D eigenvalue weighted by Crippen LogP contribution is -2.39. The van der Waals surface area contributed by atoms with Crippen LogP contribution in [-0.2, 0) is 11.2 Å². The summed E-state index contributed by atoms with van der Waals surface area (Å²) in [5, 5.41) is 3.48. The lowest BCUT2D eigenvalue weighted by molar-refractivity contribution is -0.117. The number of aryl methyl sites for hydroxylation is 1. The van der Waals surface area contributed by atoms with Crippen LogP contribution in [0.4, 0.5) is 11.6 Å². The highest BCUT2D eigenvalue weighted by Crippen LogP contribution is 2.26. The van der Waals surface area contributed by atoms with Gasteiger partial charge in [-0.25, -0.2) is 4.98 Å². The maximum atomic E-state index is 12.6. The quantitative estimate of drug-likeness (QED) is 0.770. The Bertz CT molecular complexity index is 996. The third kappa shape index (κ3) is 2.98. The fourth-order valence-corrected chi connectivity index (χ4v) is 3.22. The second kappa shape index (κ2) is 6.39. The Kier molecular flexibility index (Phi) is 3.93. The van der Waals surface area contributed by atoms with Crippen LogP contribution in [0.5, 0.6) is 0 Å². The molecular weight excluding hydrogens is 316 g/mol. The molecule has 1 aromatic heterocycles. The molecular formula is C19H18N4O2. The molecule has 6 heteroatoms. The van der Waals surface area contributed by atoms with Gasteiger partial charge in [0.2, 0.25) is 11.9 Å². The van der Waals surface area contributed by atoms with E-state index in [-0.39, 0.29) is 18.0 Å². The van der Waals surface area contributed by atoms with Crippen molar-refractivity contribution >= 4 is 28.4 Å². The average Bonchev–Trinajstić information content (AvgIpc) is 2.66. The summed E-state index contributed by atoms with van der Waals surface area (Å²) in [6.07, 6.45) is 1.95. The molecule has 4 rings (SSSR count). The van der Waals surface area contributed by atoms with Gasteiger partial charge in [0.15, 0.2) is 0 Å². The van der Waals surface area contributed by atoms with Crippen molar-refractivity contribution in [1.29, 1.82) is 0 Å². The zero-order chi connectivity index (χ0) is 17.2. The minimum atomic E-state index is -0.219. The Hall–Kier alpha value is -3.15. The van der Waals surface area contributed by atoms with Crippen molar-refractivity contribution in [2.45, 2.75) is 12.8 Å². The van der Waals surface area contributed by atoms with Crippen LogP contribution in [0, 0.1) is 0 Å². The van der Waals surface area contributed by atoms with E-state index in [0.717, 1.165) is 18.5 Å². The van der Waals surface area contributed by atoms with Crippen LogP contribution in [0.1, 0.15) is 12.0 Å². The summed E-state index contributed by atoms with van der Waals surface area (Å²) in [5.41, 5.74) is 2.55. The molecule has 126 valence electrons. The molecule has 2 N–H and O–H groups in total. The maximum absolute atomic E-state index is 12.6. The van der Waals surface area contributed by atoms with Gasteiger partial charge in [-0.3, -0.25) is 14.6 Å². The number of para-hydroxylation sites is 2. The molecule has 0 aliphatic carbocycles. The van der Waals surface area contributed by atoms with Gasteiger partial charge in [0.25, 0.3) is 5.56 Å². The van der Waals surface area contributed by atoms with Crippen LogP contribution in [0.2, 0.25) is 0 Å². The zero-order valence-corrected chi connectivity index (χ0v) is 13.7. The van der Waals surface area contributed by atoms with Crippen molar-refractivity contribution < 1.29 is 4.79 Å². The summed E-state index contributed by atoms with van der Waals surface area (Å²) in [7, 11) is 0. The van der Waals surface area contributed by atoms with E-state index in [0.29, 0.717) is 23.4 Å². The highest BCUT2D eigenvalue weighted by Gasteiger charge is 2.21. The molecule has 1 aliphatic rings. The lowest BCUT2D eigenvalue weighted by Gasteiger charge is -2.29. The number of carbonyl (C=O) groups is 1. The maximum Gasteiger partial charge on any atom is 0.260 e. The molecule has 0 radical (unpaired) electrons. The largest absolute Gasteiger partial charge is 0.347 e. The molecule has 0 fully saturated rings. The Morgan fingerprint density at radius 1 is 1.16 bits per heavy atom. The number of hydrogen-bond donors (Lipinski definition) is 2. The van der Waals surface area contributed by atoms with E-state index in [1.54, 1.807) is 23.1 Å². The summed E-state index contributed by atoms with van der Waals surface area (Å²) in [6, 6.07) is 15.1. The number of aromatic amines is 1. The van der Waals surface area contributed by atoms with E-state index in [9.17, 15) is 9.59 Å². The summed E-state index contributed by atoms with van der Waals surface area (Å²) in [4.78, 5) is 33.5. The van der Waals surface area contributed by atoms with Crippen LogP contribution in [0.25, 0.3) is 10.9 Å². The third-order valence-corrected chi connectivity index (χ3v) is 4.43. The van der Waals surface area contributed by atoms with Crippen molar-refractivity contribution in [1.82, 2.24) is 9.97 Å². The first-order valence-electron chi connectivity index (χ1n) is 8.33. The number of aromatic nitrogens is 2. The van der Waals surface area contributed by atoms with Crippen molar-refractivity contribution in [3.8, 4) is 0 Å². The van der Waals surface area contributed by atoms with Crippen molar-refractivity contribution in [2.24, 2.45) is 0 Å². The second-order valence-corrected chi connectivity index (χ2v) is 6.06. The summed E-state index contributed by atoms with van der Waals surface area (Å²) in [5.74, 6) is 0.269. The summed E-state index contributed by atoms with van der Waals surface area (Å²) >= 11 is 0. The molecule has 3 aromatic rings. The number of fused-ring (bicyclic) bond motifs is 2. The number of amides is 1. The van der Waals surface area contributed by atoms with Crippen LogP contribution < -0.4 is 15.8 Å². The highest BCUT2D eigenvalue weighted by atomic mass is 16.2. The zero-order valence-electron chi connectivity index (χ0n) is 13.7. The van der Waals surface area contributed by atoms with E-state index in [4.69, 9.17) is 0 Å². The summed E-state index contributed by atoms with van der Waals surface area (Å²) < 4.78 is 0. The van der Waals surface area contributed by atoms with Crippen LogP contribution in [0.15, 0.2) is 53.3 Å².